The highest BCUT2D eigenvalue weighted by atomic mass is 28.3. The molecule has 1 heteroatoms. The molecule has 0 aromatic carbocycles. The first-order chi connectivity index (χ1) is 7.69. The van der Waals surface area contributed by atoms with Crippen molar-refractivity contribution in [3.05, 3.63) is 0 Å². The summed E-state index contributed by atoms with van der Waals surface area (Å²) < 4.78 is 0. The zero-order valence-corrected chi connectivity index (χ0v) is 13.7. The molecule has 4 aliphatic carbocycles. The van der Waals surface area contributed by atoms with Crippen LogP contribution in [0.5, 0.6) is 0 Å². The molecule has 0 heterocycles. The van der Waals surface area contributed by atoms with Crippen molar-refractivity contribution in [2.24, 2.45) is 39.4 Å². The molecular weight excluding hydrogens is 220 g/mol. The summed E-state index contributed by atoms with van der Waals surface area (Å²) in [6.07, 6.45) is 1.63. The molecule has 0 nitrogen and oxygen atoms in total. The highest BCUT2D eigenvalue weighted by Crippen LogP contribution is 3.12. The van der Waals surface area contributed by atoms with E-state index in [1.54, 1.807) is 6.42 Å². The van der Waals surface area contributed by atoms with Crippen LogP contribution in [0, 0.1) is 39.4 Å². The van der Waals surface area contributed by atoms with Crippen molar-refractivity contribution in [3.63, 3.8) is 0 Å². The lowest BCUT2D eigenvalue weighted by Crippen LogP contribution is -2.53. The van der Waals surface area contributed by atoms with Crippen molar-refractivity contribution in [2.75, 3.05) is 0 Å². The molecule has 0 aromatic heterocycles. The van der Waals surface area contributed by atoms with Crippen LogP contribution in [-0.4, -0.2) is 8.80 Å². The van der Waals surface area contributed by atoms with Crippen LogP contribution < -0.4 is 0 Å². The van der Waals surface area contributed by atoms with Crippen LogP contribution in [0.1, 0.15) is 41.0 Å². The van der Waals surface area contributed by atoms with E-state index in [9.17, 15) is 0 Å². The fraction of sp³-hybridized carbons (Fsp3) is 1.00. The monoisotopic (exact) mass is 248 g/mol. The molecule has 7 atom stereocenters. The highest BCUT2D eigenvalue weighted by Gasteiger charge is 3.08. The smallest absolute Gasteiger partial charge is 0.0344 e. The molecule has 7 unspecified atom stereocenters. The lowest BCUT2D eigenvalue weighted by molar-refractivity contribution is -0.0233. The molecule has 0 N–H and O–H groups in total. The van der Waals surface area contributed by atoms with E-state index < -0.39 is 8.80 Å². The van der Waals surface area contributed by atoms with E-state index in [2.05, 4.69) is 47.7 Å². The minimum Gasteiger partial charge on any atom is -0.0720 e. The Kier molecular flexibility index (Phi) is 1.51. The molecule has 2 spiro atoms. The summed E-state index contributed by atoms with van der Waals surface area (Å²) in [4.78, 5) is 0. The van der Waals surface area contributed by atoms with Gasteiger partial charge < -0.3 is 0 Å². The molecular formula is C16H28Si. The fourth-order valence-corrected chi connectivity index (χ4v) is 10.4. The van der Waals surface area contributed by atoms with Gasteiger partial charge in [-0.15, -0.1) is 0 Å². The first kappa shape index (κ1) is 11.1. The second-order valence-electron chi connectivity index (χ2n) is 9.21. The minimum atomic E-state index is -0.447. The van der Waals surface area contributed by atoms with E-state index in [-0.39, 0.29) is 0 Å². The summed E-state index contributed by atoms with van der Waals surface area (Å²) in [5.74, 6) is 3.36. The van der Waals surface area contributed by atoms with Gasteiger partial charge in [0.25, 0.3) is 0 Å². The summed E-state index contributed by atoms with van der Waals surface area (Å²) in [6.45, 7) is 17.9. The van der Waals surface area contributed by atoms with Gasteiger partial charge in [0.05, 0.1) is 0 Å². The van der Waals surface area contributed by atoms with E-state index in [0.717, 1.165) is 28.6 Å². The lowest BCUT2D eigenvalue weighted by Gasteiger charge is -2.58. The van der Waals surface area contributed by atoms with Gasteiger partial charge in [-0.05, 0) is 51.4 Å². The molecule has 4 fully saturated rings. The molecule has 0 aliphatic heterocycles. The molecule has 0 radical (unpaired) electrons. The summed E-state index contributed by atoms with van der Waals surface area (Å²) in [5, 5.41) is 0. The molecule has 4 aliphatic rings. The Morgan fingerprint density at radius 3 is 2.24 bits per heavy atom. The van der Waals surface area contributed by atoms with E-state index in [1.807, 2.05) is 0 Å². The van der Waals surface area contributed by atoms with Gasteiger partial charge in [0.1, 0.15) is 0 Å². The minimum absolute atomic E-state index is 0.447. The number of rotatable bonds is 1. The normalized spacial score (nSPS) is 66.4. The predicted octanol–water partition coefficient (Wildman–Crippen LogP) is 4.18. The van der Waals surface area contributed by atoms with Gasteiger partial charge in [0.2, 0.25) is 0 Å². The zero-order valence-electron chi connectivity index (χ0n) is 12.6. The quantitative estimate of drug-likeness (QED) is 0.611. The van der Waals surface area contributed by atoms with Crippen molar-refractivity contribution in [1.29, 1.82) is 0 Å². The van der Waals surface area contributed by atoms with Crippen LogP contribution in [-0.2, 0) is 0 Å². The third kappa shape index (κ3) is 0.665. The summed E-state index contributed by atoms with van der Waals surface area (Å²) in [6, 6.07) is 0. The Morgan fingerprint density at radius 2 is 1.76 bits per heavy atom. The predicted molar refractivity (Wildman–Crippen MR) is 75.8 cm³/mol. The largest absolute Gasteiger partial charge is 0.0720 e. The summed E-state index contributed by atoms with van der Waals surface area (Å²) in [5.41, 5.74) is 4.12. The zero-order chi connectivity index (χ0) is 12.6. The maximum absolute atomic E-state index is 2.65. The van der Waals surface area contributed by atoms with Gasteiger partial charge in [0, 0.05) is 8.80 Å². The molecule has 17 heavy (non-hydrogen) atoms. The molecule has 0 bridgehead atoms. The number of hydrogen-bond donors (Lipinski definition) is 0. The molecule has 4 rings (SSSR count). The van der Waals surface area contributed by atoms with Crippen molar-refractivity contribution in [2.45, 2.75) is 59.7 Å². The van der Waals surface area contributed by atoms with Gasteiger partial charge >= 0.3 is 0 Å². The van der Waals surface area contributed by atoms with Crippen molar-refractivity contribution in [3.8, 4) is 0 Å². The fourth-order valence-electron chi connectivity index (χ4n) is 7.60. The first-order valence-electron chi connectivity index (χ1n) is 7.69. The Hall–Kier alpha value is 0.217. The first-order valence-corrected chi connectivity index (χ1v) is 10.7. The molecule has 96 valence electrons. The van der Waals surface area contributed by atoms with Crippen LogP contribution >= 0.6 is 0 Å². The van der Waals surface area contributed by atoms with Crippen molar-refractivity contribution < 1.29 is 0 Å². The molecule has 0 amide bonds. The van der Waals surface area contributed by atoms with Gasteiger partial charge in [-0.2, -0.15) is 0 Å². The number of fused-ring (bicyclic) bond motifs is 1. The summed E-state index contributed by atoms with van der Waals surface area (Å²) in [7, 11) is -0.447. The average Bonchev–Trinajstić information content (AvgIpc) is 2.90. The van der Waals surface area contributed by atoms with Crippen LogP contribution in [0.4, 0.5) is 0 Å². The molecule has 0 aromatic rings. The van der Waals surface area contributed by atoms with Crippen molar-refractivity contribution >= 4 is 8.80 Å². The maximum atomic E-state index is 2.65. The van der Waals surface area contributed by atoms with Crippen LogP contribution in [0.2, 0.25) is 18.6 Å². The highest BCUT2D eigenvalue weighted by molar-refractivity contribution is 6.58. The van der Waals surface area contributed by atoms with Gasteiger partial charge in [0.15, 0.2) is 0 Å². The standard InChI is InChI=1S/C16H28Si/c1-9-11-12-14(5,13(2,3)4)16(12)10(17(6)7)8-15(9,11)16/h9-12,17H,8H2,1-7H3. The van der Waals surface area contributed by atoms with E-state index in [4.69, 9.17) is 0 Å². The second kappa shape index (κ2) is 2.32. The SMILES string of the molecule is CC1C2C3C(C)(C(C)(C)C)C34C([SiH](C)C)CC124. The van der Waals surface area contributed by atoms with Crippen molar-refractivity contribution in [1.82, 2.24) is 0 Å². The Bertz CT molecular complexity index is 420. The molecule has 0 saturated heterocycles. The Labute approximate surface area is 108 Å². The third-order valence-corrected chi connectivity index (χ3v) is 10.7. The van der Waals surface area contributed by atoms with E-state index in [1.165, 1.54) is 5.54 Å². The van der Waals surface area contributed by atoms with Gasteiger partial charge in [-0.25, -0.2) is 0 Å². The average molecular weight is 248 g/mol. The number of hydrogen-bond acceptors (Lipinski definition) is 0. The summed E-state index contributed by atoms with van der Waals surface area (Å²) >= 11 is 0. The van der Waals surface area contributed by atoms with Crippen LogP contribution in [0.25, 0.3) is 0 Å². The molecule has 4 saturated carbocycles. The lowest BCUT2D eigenvalue weighted by atomic mass is 9.53. The van der Waals surface area contributed by atoms with Crippen LogP contribution in [0.15, 0.2) is 0 Å². The van der Waals surface area contributed by atoms with Crippen LogP contribution in [0.3, 0.4) is 0 Å². The topological polar surface area (TPSA) is 0 Å². The maximum Gasteiger partial charge on any atom is 0.0344 e. The second-order valence-corrected chi connectivity index (χ2v) is 12.5. The van der Waals surface area contributed by atoms with E-state index in [0.29, 0.717) is 10.8 Å². The van der Waals surface area contributed by atoms with Gasteiger partial charge in [-0.1, -0.05) is 47.7 Å². The Morgan fingerprint density at radius 1 is 1.18 bits per heavy atom. The third-order valence-electron chi connectivity index (χ3n) is 8.36. The van der Waals surface area contributed by atoms with E-state index >= 15 is 0 Å². The van der Waals surface area contributed by atoms with Gasteiger partial charge in [-0.3, -0.25) is 0 Å². The Balaban J connectivity index is 1.78.